The van der Waals surface area contributed by atoms with Gasteiger partial charge in [0.05, 0.1) is 11.1 Å². The average Bonchev–Trinajstić information content (AvgIpc) is 2.40. The predicted octanol–water partition coefficient (Wildman–Crippen LogP) is 5.30. The third-order valence-electron chi connectivity index (χ3n) is 3.08. The Kier molecular flexibility index (Phi) is 3.63. The van der Waals surface area contributed by atoms with E-state index in [4.69, 9.17) is 11.6 Å². The van der Waals surface area contributed by atoms with Gasteiger partial charge in [0.2, 0.25) is 0 Å². The van der Waals surface area contributed by atoms with Gasteiger partial charge in [-0.05, 0) is 36.8 Å². The number of nitrogens with zero attached hydrogens (tertiary/aromatic N) is 2. The van der Waals surface area contributed by atoms with Gasteiger partial charge in [0.1, 0.15) is 16.8 Å². The quantitative estimate of drug-likeness (QED) is 0.544. The number of halogens is 4. The molecular formula is C15H8BrClF2N2. The summed E-state index contributed by atoms with van der Waals surface area (Å²) in [4.78, 5) is 8.47. The van der Waals surface area contributed by atoms with Crippen LogP contribution in [0.5, 0.6) is 0 Å². The van der Waals surface area contributed by atoms with Crippen LogP contribution >= 0.6 is 27.5 Å². The van der Waals surface area contributed by atoms with Gasteiger partial charge < -0.3 is 0 Å². The molecule has 2 nitrogen and oxygen atoms in total. The maximum absolute atomic E-state index is 13.9. The Bertz CT molecular complexity index is 868. The summed E-state index contributed by atoms with van der Waals surface area (Å²) in [6, 6.07) is 6.95. The highest BCUT2D eigenvalue weighted by Gasteiger charge is 2.14. The maximum atomic E-state index is 13.9. The van der Waals surface area contributed by atoms with Gasteiger partial charge >= 0.3 is 0 Å². The van der Waals surface area contributed by atoms with E-state index in [0.717, 1.165) is 22.2 Å². The van der Waals surface area contributed by atoms with E-state index in [2.05, 4.69) is 25.9 Å². The summed E-state index contributed by atoms with van der Waals surface area (Å²) >= 11 is 9.56. The monoisotopic (exact) mass is 368 g/mol. The van der Waals surface area contributed by atoms with Crippen molar-refractivity contribution in [1.82, 2.24) is 9.97 Å². The first-order chi connectivity index (χ1) is 9.95. The van der Waals surface area contributed by atoms with Gasteiger partial charge in [-0.2, -0.15) is 0 Å². The van der Waals surface area contributed by atoms with Crippen LogP contribution in [0, 0.1) is 18.6 Å². The van der Waals surface area contributed by atoms with Crippen molar-refractivity contribution in [2.75, 3.05) is 0 Å². The first-order valence-electron chi connectivity index (χ1n) is 6.04. The lowest BCUT2D eigenvalue weighted by Crippen LogP contribution is -1.96. The average molecular weight is 370 g/mol. The summed E-state index contributed by atoms with van der Waals surface area (Å²) in [6.07, 6.45) is 0. The van der Waals surface area contributed by atoms with E-state index >= 15 is 0 Å². The molecule has 106 valence electrons. The van der Waals surface area contributed by atoms with Gasteiger partial charge in [-0.3, -0.25) is 0 Å². The molecule has 0 unspecified atom stereocenters. The molecule has 0 N–H and O–H groups in total. The highest BCUT2D eigenvalue weighted by molar-refractivity contribution is 9.10. The zero-order valence-electron chi connectivity index (χ0n) is 10.8. The first-order valence-corrected chi connectivity index (χ1v) is 7.21. The second-order valence-corrected chi connectivity index (χ2v) is 5.85. The molecule has 2 aromatic carbocycles. The normalized spacial score (nSPS) is 11.1. The molecule has 3 rings (SSSR count). The molecule has 0 saturated carbocycles. The molecule has 0 aliphatic heterocycles. The third kappa shape index (κ3) is 2.63. The van der Waals surface area contributed by atoms with Crippen molar-refractivity contribution < 1.29 is 8.78 Å². The van der Waals surface area contributed by atoms with Crippen LogP contribution in [-0.2, 0) is 0 Å². The van der Waals surface area contributed by atoms with Gasteiger partial charge in [-0.25, -0.2) is 18.7 Å². The largest absolute Gasteiger partial charge is 0.227 e. The molecular weight excluding hydrogens is 362 g/mol. The fraction of sp³-hybridized carbons (Fsp3) is 0.0667. The Morgan fingerprint density at radius 1 is 1.10 bits per heavy atom. The molecule has 1 heterocycles. The van der Waals surface area contributed by atoms with E-state index in [1.54, 1.807) is 6.07 Å². The topological polar surface area (TPSA) is 25.8 Å². The zero-order valence-corrected chi connectivity index (χ0v) is 13.1. The summed E-state index contributed by atoms with van der Waals surface area (Å²) in [6.45, 7) is 1.88. The molecule has 0 aliphatic carbocycles. The first kappa shape index (κ1) is 14.4. The van der Waals surface area contributed by atoms with Crippen LogP contribution < -0.4 is 0 Å². The molecule has 0 bridgehead atoms. The van der Waals surface area contributed by atoms with E-state index in [1.165, 1.54) is 6.07 Å². The van der Waals surface area contributed by atoms with Gasteiger partial charge in [-0.1, -0.05) is 27.5 Å². The van der Waals surface area contributed by atoms with Crippen LogP contribution in [0.1, 0.15) is 5.56 Å². The summed E-state index contributed by atoms with van der Waals surface area (Å²) in [7, 11) is 0. The van der Waals surface area contributed by atoms with Crippen molar-refractivity contribution in [3.05, 3.63) is 57.2 Å². The third-order valence-corrected chi connectivity index (χ3v) is 3.83. The Labute approximate surface area is 132 Å². The van der Waals surface area contributed by atoms with Crippen LogP contribution in [-0.4, -0.2) is 9.97 Å². The Morgan fingerprint density at radius 2 is 1.86 bits per heavy atom. The molecule has 1 aromatic heterocycles. The minimum absolute atomic E-state index is 0.113. The van der Waals surface area contributed by atoms with Gasteiger partial charge in [0.15, 0.2) is 5.82 Å². The van der Waals surface area contributed by atoms with Crippen LogP contribution in [0.2, 0.25) is 5.15 Å². The fourth-order valence-electron chi connectivity index (χ4n) is 2.12. The number of hydrogen-bond donors (Lipinski definition) is 0. The molecule has 6 heteroatoms. The standard InChI is InChI=1S/C15H8BrClF2N2/c1-7-4-8(16)5-11-13(7)20-15(21-14(11)17)10-3-2-9(18)6-12(10)19/h2-6H,1H3. The summed E-state index contributed by atoms with van der Waals surface area (Å²) in [5, 5.41) is 0.901. The molecule has 3 aromatic rings. The van der Waals surface area contributed by atoms with Crippen LogP contribution in [0.3, 0.4) is 0 Å². The second-order valence-electron chi connectivity index (χ2n) is 4.58. The van der Waals surface area contributed by atoms with Crippen LogP contribution in [0.25, 0.3) is 22.3 Å². The summed E-state index contributed by atoms with van der Waals surface area (Å²) < 4.78 is 27.7. The molecule has 0 saturated heterocycles. The number of benzene rings is 2. The highest BCUT2D eigenvalue weighted by Crippen LogP contribution is 2.30. The Hall–Kier alpha value is -1.59. The lowest BCUT2D eigenvalue weighted by atomic mass is 10.1. The van der Waals surface area contributed by atoms with Crippen molar-refractivity contribution in [2.45, 2.75) is 6.92 Å². The minimum Gasteiger partial charge on any atom is -0.227 e. The van der Waals surface area contributed by atoms with Crippen molar-refractivity contribution in [2.24, 2.45) is 0 Å². The molecule has 21 heavy (non-hydrogen) atoms. The lowest BCUT2D eigenvalue weighted by molar-refractivity contribution is 0.585. The number of hydrogen-bond acceptors (Lipinski definition) is 2. The van der Waals surface area contributed by atoms with E-state index in [0.29, 0.717) is 10.9 Å². The second kappa shape index (κ2) is 5.31. The summed E-state index contributed by atoms with van der Waals surface area (Å²) in [5.41, 5.74) is 1.63. The molecule has 0 spiro atoms. The molecule has 0 fully saturated rings. The van der Waals surface area contributed by atoms with Crippen molar-refractivity contribution in [3.8, 4) is 11.4 Å². The van der Waals surface area contributed by atoms with E-state index < -0.39 is 11.6 Å². The molecule has 0 amide bonds. The van der Waals surface area contributed by atoms with Crippen molar-refractivity contribution in [3.63, 3.8) is 0 Å². The number of rotatable bonds is 1. The summed E-state index contributed by atoms with van der Waals surface area (Å²) in [5.74, 6) is -1.24. The van der Waals surface area contributed by atoms with E-state index in [9.17, 15) is 8.78 Å². The number of fused-ring (bicyclic) bond motifs is 1. The van der Waals surface area contributed by atoms with Crippen molar-refractivity contribution in [1.29, 1.82) is 0 Å². The van der Waals surface area contributed by atoms with Crippen LogP contribution in [0.4, 0.5) is 8.78 Å². The molecule has 0 atom stereocenters. The Balaban J connectivity index is 2.30. The van der Waals surface area contributed by atoms with Crippen LogP contribution in [0.15, 0.2) is 34.8 Å². The van der Waals surface area contributed by atoms with E-state index in [1.807, 2.05) is 13.0 Å². The smallest absolute Gasteiger partial charge is 0.164 e. The molecule has 0 aliphatic rings. The van der Waals surface area contributed by atoms with Gasteiger partial charge in [-0.15, -0.1) is 0 Å². The zero-order chi connectivity index (χ0) is 15.1. The van der Waals surface area contributed by atoms with E-state index in [-0.39, 0.29) is 16.5 Å². The maximum Gasteiger partial charge on any atom is 0.164 e. The fourth-order valence-corrected chi connectivity index (χ4v) is 2.91. The SMILES string of the molecule is Cc1cc(Br)cc2c(Cl)nc(-c3ccc(F)cc3F)nc12. The van der Waals surface area contributed by atoms with Gasteiger partial charge in [0, 0.05) is 15.9 Å². The minimum atomic E-state index is -0.722. The highest BCUT2D eigenvalue weighted by atomic mass is 79.9. The van der Waals surface area contributed by atoms with Gasteiger partial charge in [0.25, 0.3) is 0 Å². The molecule has 0 radical (unpaired) electrons. The predicted molar refractivity (Wildman–Crippen MR) is 82.3 cm³/mol. The Morgan fingerprint density at radius 3 is 2.57 bits per heavy atom. The lowest BCUT2D eigenvalue weighted by Gasteiger charge is -2.08. The number of aromatic nitrogens is 2. The van der Waals surface area contributed by atoms with Crippen molar-refractivity contribution >= 4 is 38.4 Å². The number of aryl methyl sites for hydroxylation is 1.